The Bertz CT molecular complexity index is 229. The number of hydrogen-bond donors (Lipinski definition) is 0. The molecule has 0 spiro atoms. The van der Waals surface area contributed by atoms with E-state index < -0.39 is 8.32 Å². The first-order valence-corrected chi connectivity index (χ1v) is 6.95. The van der Waals surface area contributed by atoms with Crippen LogP contribution >= 0.6 is 0 Å². The topological polar surface area (TPSA) is 9.23 Å². The molecule has 0 saturated heterocycles. The van der Waals surface area contributed by atoms with Crippen molar-refractivity contribution in [2.24, 2.45) is 0 Å². The predicted molar refractivity (Wildman–Crippen MR) is 55.2 cm³/mol. The smallest absolute Gasteiger partial charge is 0.220 e. The molecule has 0 saturated carbocycles. The van der Waals surface area contributed by atoms with Gasteiger partial charge in [-0.3, -0.25) is 0 Å². The second-order valence-corrected chi connectivity index (χ2v) is 7.31. The van der Waals surface area contributed by atoms with Gasteiger partial charge in [0.1, 0.15) is 0 Å². The third kappa shape index (κ3) is 1.76. The van der Waals surface area contributed by atoms with E-state index in [1.54, 1.807) is 0 Å². The Morgan fingerprint density at radius 1 is 1.25 bits per heavy atom. The van der Waals surface area contributed by atoms with Crippen molar-refractivity contribution in [3.05, 3.63) is 30.3 Å². The van der Waals surface area contributed by atoms with Gasteiger partial charge >= 0.3 is 0 Å². The molecule has 12 heavy (non-hydrogen) atoms. The Balaban J connectivity index is 2.95. The predicted octanol–water partition coefficient (Wildman–Crippen LogP) is 2.14. The van der Waals surface area contributed by atoms with Crippen LogP contribution in [0.3, 0.4) is 0 Å². The van der Waals surface area contributed by atoms with Crippen molar-refractivity contribution in [2.75, 3.05) is 7.11 Å². The van der Waals surface area contributed by atoms with Crippen molar-refractivity contribution < 1.29 is 4.43 Å². The van der Waals surface area contributed by atoms with E-state index in [4.69, 9.17) is 4.43 Å². The Morgan fingerprint density at radius 2 is 1.83 bits per heavy atom. The van der Waals surface area contributed by atoms with Gasteiger partial charge in [0, 0.05) is 7.11 Å². The summed E-state index contributed by atoms with van der Waals surface area (Å²) in [4.78, 5) is 0. The van der Waals surface area contributed by atoms with Gasteiger partial charge in [-0.25, -0.2) is 0 Å². The summed E-state index contributed by atoms with van der Waals surface area (Å²) in [6.07, 6.45) is 0. The van der Waals surface area contributed by atoms with Crippen LogP contribution in [0, 0.1) is 0 Å². The molecule has 2 heteroatoms. The largest absolute Gasteiger partial charge is 0.416 e. The van der Waals surface area contributed by atoms with E-state index in [1.165, 1.54) is 5.19 Å². The molecular weight excluding hydrogens is 164 g/mol. The number of hydrogen-bond acceptors (Lipinski definition) is 1. The van der Waals surface area contributed by atoms with Gasteiger partial charge in [-0.15, -0.1) is 0 Å². The summed E-state index contributed by atoms with van der Waals surface area (Å²) >= 11 is 0. The molecular formula is C10H16OSi. The first-order valence-electron chi connectivity index (χ1n) is 4.33. The fourth-order valence-corrected chi connectivity index (χ4v) is 3.09. The summed E-state index contributed by atoms with van der Waals surface area (Å²) in [6, 6.07) is 11.7. The van der Waals surface area contributed by atoms with Crippen LogP contribution in [0.2, 0.25) is 12.6 Å². The molecule has 0 aliphatic heterocycles. The second kappa shape index (κ2) is 3.87. The maximum Gasteiger partial charge on any atom is 0.220 e. The van der Waals surface area contributed by atoms with Crippen molar-refractivity contribution in [1.82, 2.24) is 0 Å². The molecule has 0 bridgehead atoms. The van der Waals surface area contributed by atoms with Crippen LogP contribution in [0.5, 0.6) is 0 Å². The lowest BCUT2D eigenvalue weighted by Crippen LogP contribution is -2.46. The normalized spacial score (nSPS) is 15.6. The fourth-order valence-electron chi connectivity index (χ4n) is 1.26. The first kappa shape index (κ1) is 9.48. The summed E-state index contributed by atoms with van der Waals surface area (Å²) in [5, 5.41) is 1.38. The van der Waals surface area contributed by atoms with Gasteiger partial charge in [0.15, 0.2) is 0 Å². The minimum Gasteiger partial charge on any atom is -0.416 e. The van der Waals surface area contributed by atoms with Crippen LogP contribution in [0.25, 0.3) is 0 Å². The van der Waals surface area contributed by atoms with Gasteiger partial charge in [0.2, 0.25) is 8.32 Å². The Morgan fingerprint density at radius 3 is 2.25 bits per heavy atom. The third-order valence-corrected chi connectivity index (χ3v) is 6.31. The highest BCUT2D eigenvalue weighted by Crippen LogP contribution is 2.09. The molecule has 1 aromatic rings. The van der Waals surface area contributed by atoms with Crippen molar-refractivity contribution in [3.8, 4) is 0 Å². The van der Waals surface area contributed by atoms with Gasteiger partial charge in [0.05, 0.1) is 0 Å². The van der Waals surface area contributed by atoms with Gasteiger partial charge in [0.25, 0.3) is 0 Å². The molecule has 0 aliphatic rings. The molecule has 0 aromatic heterocycles. The van der Waals surface area contributed by atoms with Crippen LogP contribution < -0.4 is 5.19 Å². The van der Waals surface area contributed by atoms with Crippen molar-refractivity contribution >= 4 is 13.5 Å². The second-order valence-electron chi connectivity index (χ2n) is 3.15. The quantitative estimate of drug-likeness (QED) is 0.648. The van der Waals surface area contributed by atoms with E-state index in [-0.39, 0.29) is 0 Å². The Hall–Kier alpha value is -0.603. The molecule has 1 aromatic carbocycles. The van der Waals surface area contributed by atoms with E-state index in [0.29, 0.717) is 0 Å². The van der Waals surface area contributed by atoms with Crippen LogP contribution in [0.4, 0.5) is 0 Å². The maximum atomic E-state index is 5.61. The van der Waals surface area contributed by atoms with E-state index in [2.05, 4.69) is 37.7 Å². The van der Waals surface area contributed by atoms with Gasteiger partial charge in [-0.05, 0) is 17.8 Å². The molecule has 0 N–H and O–H groups in total. The number of benzene rings is 1. The summed E-state index contributed by atoms with van der Waals surface area (Å²) in [5.74, 6) is 0. The standard InChI is InChI=1S/C10H16OSi/c1-4-12(3,11-2)10-8-6-5-7-9-10/h5-9H,4H2,1-3H3. The summed E-state index contributed by atoms with van der Waals surface area (Å²) < 4.78 is 5.61. The van der Waals surface area contributed by atoms with Crippen molar-refractivity contribution in [2.45, 2.75) is 19.5 Å². The van der Waals surface area contributed by atoms with Crippen LogP contribution in [-0.4, -0.2) is 15.4 Å². The van der Waals surface area contributed by atoms with Crippen LogP contribution in [0.15, 0.2) is 30.3 Å². The zero-order valence-corrected chi connectivity index (χ0v) is 9.00. The van der Waals surface area contributed by atoms with E-state index in [9.17, 15) is 0 Å². The molecule has 1 nitrogen and oxygen atoms in total. The van der Waals surface area contributed by atoms with Crippen molar-refractivity contribution in [1.29, 1.82) is 0 Å². The molecule has 0 fully saturated rings. The van der Waals surface area contributed by atoms with Gasteiger partial charge < -0.3 is 4.43 Å². The zero-order chi connectivity index (χ0) is 9.03. The third-order valence-electron chi connectivity index (χ3n) is 2.51. The van der Waals surface area contributed by atoms with Crippen molar-refractivity contribution in [3.63, 3.8) is 0 Å². The van der Waals surface area contributed by atoms with E-state index in [0.717, 1.165) is 6.04 Å². The SMILES string of the molecule is CC[Si](C)(OC)c1ccccc1. The minimum atomic E-state index is -1.57. The zero-order valence-electron chi connectivity index (χ0n) is 8.00. The lowest BCUT2D eigenvalue weighted by atomic mass is 10.4. The average Bonchev–Trinajstić information content (AvgIpc) is 2.18. The molecule has 1 atom stereocenters. The first-order chi connectivity index (χ1) is 5.73. The van der Waals surface area contributed by atoms with E-state index >= 15 is 0 Å². The van der Waals surface area contributed by atoms with Crippen LogP contribution in [0.1, 0.15) is 6.92 Å². The van der Waals surface area contributed by atoms with Gasteiger partial charge in [-0.1, -0.05) is 37.3 Å². The molecule has 0 radical (unpaired) electrons. The molecule has 0 aliphatic carbocycles. The summed E-state index contributed by atoms with van der Waals surface area (Å²) in [6.45, 7) is 4.45. The molecule has 0 amide bonds. The fraction of sp³-hybridized carbons (Fsp3) is 0.400. The average molecular weight is 180 g/mol. The molecule has 1 unspecified atom stereocenters. The van der Waals surface area contributed by atoms with E-state index in [1.807, 2.05) is 13.2 Å². The summed E-state index contributed by atoms with van der Waals surface area (Å²) in [5.41, 5.74) is 0. The van der Waals surface area contributed by atoms with Gasteiger partial charge in [-0.2, -0.15) is 0 Å². The minimum absolute atomic E-state index is 1.13. The lowest BCUT2D eigenvalue weighted by Gasteiger charge is -2.23. The molecule has 0 heterocycles. The Labute approximate surface area is 75.5 Å². The highest BCUT2D eigenvalue weighted by Gasteiger charge is 2.27. The lowest BCUT2D eigenvalue weighted by molar-refractivity contribution is 0.411. The maximum absolute atomic E-state index is 5.61. The molecule has 66 valence electrons. The highest BCUT2D eigenvalue weighted by atomic mass is 28.4. The molecule has 1 rings (SSSR count). The summed E-state index contributed by atoms with van der Waals surface area (Å²) in [7, 11) is 0.249. The highest BCUT2D eigenvalue weighted by molar-refractivity contribution is 6.85. The van der Waals surface area contributed by atoms with Crippen LogP contribution in [-0.2, 0) is 4.43 Å². The number of rotatable bonds is 3. The Kier molecular flexibility index (Phi) is 3.06. The monoisotopic (exact) mass is 180 g/mol.